The van der Waals surface area contributed by atoms with Crippen molar-refractivity contribution in [2.24, 2.45) is 10.1 Å². The maximum atomic E-state index is 13.5. The highest BCUT2D eigenvalue weighted by molar-refractivity contribution is 6.44. The number of carbonyl (C=O) groups excluding carboxylic acids is 3. The molecule has 2 heterocycles. The van der Waals surface area contributed by atoms with E-state index in [1.807, 2.05) is 0 Å². The molecule has 2 aliphatic heterocycles. The topological polar surface area (TPSA) is 88.4 Å². The van der Waals surface area contributed by atoms with E-state index in [1.165, 1.54) is 37.3 Å². The van der Waals surface area contributed by atoms with E-state index in [-0.39, 0.29) is 64.0 Å². The minimum atomic E-state index is -0.508. The lowest BCUT2D eigenvalue weighted by Crippen LogP contribution is -2.36. The third-order valence-corrected chi connectivity index (χ3v) is 5.52. The number of hydrogen-bond acceptors (Lipinski definition) is 6. The number of benzene rings is 2. The number of aliphatic imine (C=N–C) groups is 1. The standard InChI is InChI=1S/C23H16Cl2FN3O4/c1-12-19(30)10-22(32)29(28-12)16-8-17(24)23(18(25)9-16)33-21-7-14(20(31)11-27-21)5-13-3-2-4-15(26)6-13/h2-4,6-9H,5,10-11H2,1H3. The fraction of sp³-hybridized carbons (Fsp3) is 0.174. The molecule has 0 saturated carbocycles. The van der Waals surface area contributed by atoms with Gasteiger partial charge in [-0.2, -0.15) is 10.1 Å². The first-order valence-electron chi connectivity index (χ1n) is 9.82. The van der Waals surface area contributed by atoms with Crippen LogP contribution in [0.2, 0.25) is 10.0 Å². The van der Waals surface area contributed by atoms with Crippen molar-refractivity contribution in [3.8, 4) is 5.75 Å². The summed E-state index contributed by atoms with van der Waals surface area (Å²) in [4.78, 5) is 40.2. The predicted molar refractivity (Wildman–Crippen MR) is 123 cm³/mol. The van der Waals surface area contributed by atoms with E-state index in [1.54, 1.807) is 12.1 Å². The maximum Gasteiger partial charge on any atom is 0.255 e. The SMILES string of the molecule is CC1=NN(c2cc(Cl)c(OC3=NCC(=O)C(Cc4cccc(F)c4)=C3)c(Cl)c2)C(=O)CC1=O. The number of amides is 1. The first kappa shape index (κ1) is 22.8. The highest BCUT2D eigenvalue weighted by atomic mass is 35.5. The molecule has 0 saturated heterocycles. The number of dihydropyridines is 1. The van der Waals surface area contributed by atoms with Crippen LogP contribution in [-0.4, -0.2) is 35.6 Å². The quantitative estimate of drug-likeness (QED) is 0.599. The Morgan fingerprint density at radius 3 is 2.52 bits per heavy atom. The summed E-state index contributed by atoms with van der Waals surface area (Å²) < 4.78 is 19.2. The van der Waals surface area contributed by atoms with Crippen molar-refractivity contribution in [2.45, 2.75) is 19.8 Å². The molecule has 2 aromatic carbocycles. The molecule has 168 valence electrons. The first-order valence-corrected chi connectivity index (χ1v) is 10.6. The van der Waals surface area contributed by atoms with Gasteiger partial charge in [0, 0.05) is 18.1 Å². The van der Waals surface area contributed by atoms with Gasteiger partial charge in [0.15, 0.2) is 17.3 Å². The number of halogens is 3. The molecule has 1 amide bonds. The van der Waals surface area contributed by atoms with Crippen molar-refractivity contribution >= 4 is 58.0 Å². The van der Waals surface area contributed by atoms with Gasteiger partial charge in [-0.1, -0.05) is 35.3 Å². The van der Waals surface area contributed by atoms with E-state index in [4.69, 9.17) is 27.9 Å². The van der Waals surface area contributed by atoms with Crippen LogP contribution >= 0.6 is 23.2 Å². The summed E-state index contributed by atoms with van der Waals surface area (Å²) in [7, 11) is 0. The number of carbonyl (C=O) groups is 3. The zero-order chi connectivity index (χ0) is 23.7. The van der Waals surface area contributed by atoms with Gasteiger partial charge < -0.3 is 4.74 Å². The molecule has 2 aromatic rings. The molecule has 0 fully saturated rings. The van der Waals surface area contributed by atoms with E-state index < -0.39 is 11.7 Å². The molecule has 10 heteroatoms. The summed E-state index contributed by atoms with van der Waals surface area (Å²) in [5, 5.41) is 5.22. The zero-order valence-corrected chi connectivity index (χ0v) is 18.8. The Kier molecular flexibility index (Phi) is 6.40. The smallest absolute Gasteiger partial charge is 0.255 e. The maximum absolute atomic E-state index is 13.5. The van der Waals surface area contributed by atoms with Crippen molar-refractivity contribution in [1.29, 1.82) is 0 Å². The van der Waals surface area contributed by atoms with Crippen LogP contribution in [0.15, 0.2) is 58.1 Å². The van der Waals surface area contributed by atoms with Crippen LogP contribution in [0.1, 0.15) is 18.9 Å². The van der Waals surface area contributed by atoms with Gasteiger partial charge in [0.2, 0.25) is 5.90 Å². The van der Waals surface area contributed by atoms with Gasteiger partial charge in [-0.25, -0.2) is 9.38 Å². The third kappa shape index (κ3) is 5.02. The van der Waals surface area contributed by atoms with Crippen molar-refractivity contribution in [3.05, 3.63) is 69.5 Å². The third-order valence-electron chi connectivity index (χ3n) is 4.95. The number of anilines is 1. The first-order chi connectivity index (χ1) is 15.7. The van der Waals surface area contributed by atoms with E-state index in [9.17, 15) is 18.8 Å². The van der Waals surface area contributed by atoms with Crippen LogP contribution in [-0.2, 0) is 20.8 Å². The molecule has 7 nitrogen and oxygen atoms in total. The molecule has 2 aliphatic rings. The molecule has 0 atom stereocenters. The molecule has 0 unspecified atom stereocenters. The number of rotatable bonds is 4. The Balaban J connectivity index is 1.57. The second kappa shape index (κ2) is 9.25. The van der Waals surface area contributed by atoms with Gasteiger partial charge in [0.25, 0.3) is 5.91 Å². The Labute approximate surface area is 198 Å². The number of ether oxygens (including phenoxy) is 1. The molecule has 0 bridgehead atoms. The molecule has 4 rings (SSSR count). The van der Waals surface area contributed by atoms with Gasteiger partial charge in [0.05, 0.1) is 22.2 Å². The normalized spacial score (nSPS) is 16.4. The van der Waals surface area contributed by atoms with Gasteiger partial charge >= 0.3 is 0 Å². The van der Waals surface area contributed by atoms with Crippen molar-refractivity contribution in [1.82, 2.24) is 0 Å². The monoisotopic (exact) mass is 487 g/mol. The summed E-state index contributed by atoms with van der Waals surface area (Å²) in [6.07, 6.45) is 1.38. The molecule has 0 spiro atoms. The zero-order valence-electron chi connectivity index (χ0n) is 17.3. The summed E-state index contributed by atoms with van der Waals surface area (Å²) in [6, 6.07) is 8.83. The van der Waals surface area contributed by atoms with Crippen molar-refractivity contribution < 1.29 is 23.5 Å². The number of ketones is 2. The van der Waals surface area contributed by atoms with Gasteiger partial charge in [-0.15, -0.1) is 0 Å². The molecule has 0 aliphatic carbocycles. The summed E-state index contributed by atoms with van der Waals surface area (Å²) in [5.41, 5.74) is 1.51. The fourth-order valence-corrected chi connectivity index (χ4v) is 3.83. The van der Waals surface area contributed by atoms with E-state index in [0.29, 0.717) is 11.1 Å². The van der Waals surface area contributed by atoms with Crippen LogP contribution in [0.3, 0.4) is 0 Å². The lowest BCUT2D eigenvalue weighted by Gasteiger charge is -2.23. The number of nitrogens with zero attached hydrogens (tertiary/aromatic N) is 3. The molecule has 33 heavy (non-hydrogen) atoms. The van der Waals surface area contributed by atoms with Crippen molar-refractivity contribution in [2.75, 3.05) is 11.6 Å². The number of hydrogen-bond donors (Lipinski definition) is 0. The van der Waals surface area contributed by atoms with Gasteiger partial charge in [-0.05, 0) is 36.8 Å². The highest BCUT2D eigenvalue weighted by Crippen LogP contribution is 2.38. The van der Waals surface area contributed by atoms with E-state index >= 15 is 0 Å². The van der Waals surface area contributed by atoms with E-state index in [0.717, 1.165) is 5.01 Å². The Morgan fingerprint density at radius 2 is 1.82 bits per heavy atom. The Morgan fingerprint density at radius 1 is 1.09 bits per heavy atom. The second-order valence-electron chi connectivity index (χ2n) is 7.39. The lowest BCUT2D eigenvalue weighted by atomic mass is 10.00. The molecule has 0 N–H and O–H groups in total. The summed E-state index contributed by atoms with van der Waals surface area (Å²) in [5.74, 6) is -1.25. The number of Topliss-reactive ketones (excluding diaryl/α,β-unsaturated/α-hetero) is 2. The minimum absolute atomic E-state index is 0.0785. The van der Waals surface area contributed by atoms with Crippen LogP contribution in [0.25, 0.3) is 0 Å². The Bertz CT molecular complexity index is 1260. The van der Waals surface area contributed by atoms with Crippen LogP contribution in [0, 0.1) is 5.82 Å². The molecule has 0 aromatic heterocycles. The fourth-order valence-electron chi connectivity index (χ4n) is 3.28. The van der Waals surface area contributed by atoms with Gasteiger partial charge in [0.1, 0.15) is 18.1 Å². The highest BCUT2D eigenvalue weighted by Gasteiger charge is 2.28. The Hall–Kier alpha value is -3.36. The van der Waals surface area contributed by atoms with Crippen LogP contribution in [0.4, 0.5) is 10.1 Å². The average molecular weight is 488 g/mol. The molecular weight excluding hydrogens is 472 g/mol. The molecular formula is C23H16Cl2FN3O4. The minimum Gasteiger partial charge on any atom is -0.436 e. The van der Waals surface area contributed by atoms with E-state index in [2.05, 4.69) is 10.1 Å². The summed E-state index contributed by atoms with van der Waals surface area (Å²) in [6.45, 7) is 1.38. The second-order valence-corrected chi connectivity index (χ2v) is 8.20. The average Bonchev–Trinajstić information content (AvgIpc) is 2.75. The predicted octanol–water partition coefficient (Wildman–Crippen LogP) is 4.34. The lowest BCUT2D eigenvalue weighted by molar-refractivity contribution is -0.124. The van der Waals surface area contributed by atoms with Crippen LogP contribution in [0.5, 0.6) is 5.75 Å². The van der Waals surface area contributed by atoms with Crippen LogP contribution < -0.4 is 9.75 Å². The van der Waals surface area contributed by atoms with Crippen molar-refractivity contribution in [3.63, 3.8) is 0 Å². The number of hydrazone groups is 1. The van der Waals surface area contributed by atoms with Gasteiger partial charge in [-0.3, -0.25) is 14.4 Å². The molecule has 0 radical (unpaired) electrons. The largest absolute Gasteiger partial charge is 0.436 e. The summed E-state index contributed by atoms with van der Waals surface area (Å²) >= 11 is 12.7.